The summed E-state index contributed by atoms with van der Waals surface area (Å²) in [5.74, 6) is 0.518. The first-order chi connectivity index (χ1) is 9.50. The van der Waals surface area contributed by atoms with Gasteiger partial charge in [-0.05, 0) is 68.4 Å². The molecule has 0 aliphatic carbocycles. The maximum Gasteiger partial charge on any atom is 0.122 e. The molecule has 2 aromatic rings. The third-order valence-corrected chi connectivity index (χ3v) is 3.89. The second-order valence-corrected chi connectivity index (χ2v) is 5.09. The number of hydrogen-bond acceptors (Lipinski definition) is 3. The SMILES string of the molecule is CCCCc1c(C)c(C)c(C)c(C)c1O.c1cn[nH]n1. The molecule has 0 amide bonds. The predicted molar refractivity (Wildman–Crippen MR) is 82.0 cm³/mol. The molecule has 0 aliphatic rings. The van der Waals surface area contributed by atoms with Crippen LogP contribution in [0.3, 0.4) is 0 Å². The normalized spacial score (nSPS) is 10.1. The van der Waals surface area contributed by atoms with Gasteiger partial charge in [-0.15, -0.1) is 0 Å². The molecule has 0 atom stereocenters. The van der Waals surface area contributed by atoms with Crippen LogP contribution in [0.15, 0.2) is 12.4 Å². The van der Waals surface area contributed by atoms with Crippen molar-refractivity contribution in [3.63, 3.8) is 0 Å². The highest BCUT2D eigenvalue weighted by Gasteiger charge is 2.13. The van der Waals surface area contributed by atoms with Gasteiger partial charge in [-0.25, -0.2) is 0 Å². The smallest absolute Gasteiger partial charge is 0.122 e. The number of unbranched alkanes of at least 4 members (excludes halogenated alkanes) is 1. The van der Waals surface area contributed by atoms with Gasteiger partial charge < -0.3 is 5.11 Å². The second-order valence-electron chi connectivity index (χ2n) is 5.09. The fraction of sp³-hybridized carbons (Fsp3) is 0.500. The van der Waals surface area contributed by atoms with Crippen molar-refractivity contribution in [2.45, 2.75) is 53.9 Å². The Kier molecular flexibility index (Phi) is 6.22. The van der Waals surface area contributed by atoms with Gasteiger partial charge in [-0.2, -0.15) is 15.4 Å². The Balaban J connectivity index is 0.000000333. The summed E-state index contributed by atoms with van der Waals surface area (Å²) < 4.78 is 0. The highest BCUT2D eigenvalue weighted by molar-refractivity contribution is 5.53. The number of hydrogen-bond donors (Lipinski definition) is 2. The molecule has 4 heteroatoms. The quantitative estimate of drug-likeness (QED) is 0.896. The number of aromatic hydroxyl groups is 1. The average molecular weight is 275 g/mol. The average Bonchev–Trinajstić information content (AvgIpc) is 3.02. The molecule has 1 aromatic carbocycles. The molecule has 0 fully saturated rings. The number of nitrogens with zero attached hydrogens (tertiary/aromatic N) is 2. The van der Waals surface area contributed by atoms with Gasteiger partial charge in [0, 0.05) is 0 Å². The lowest BCUT2D eigenvalue weighted by Crippen LogP contribution is -1.99. The van der Waals surface area contributed by atoms with Crippen molar-refractivity contribution in [1.29, 1.82) is 0 Å². The number of nitrogens with one attached hydrogen (secondary N) is 1. The van der Waals surface area contributed by atoms with Crippen LogP contribution in [0.25, 0.3) is 0 Å². The first-order valence-corrected chi connectivity index (χ1v) is 7.08. The second kappa shape index (κ2) is 7.68. The predicted octanol–water partition coefficient (Wildman–Crippen LogP) is 3.77. The zero-order chi connectivity index (χ0) is 15.1. The minimum Gasteiger partial charge on any atom is -0.507 e. The maximum atomic E-state index is 10.1. The van der Waals surface area contributed by atoms with E-state index in [1.54, 1.807) is 12.4 Å². The number of aromatic nitrogens is 3. The van der Waals surface area contributed by atoms with E-state index in [9.17, 15) is 5.11 Å². The van der Waals surface area contributed by atoms with E-state index in [1.807, 2.05) is 6.92 Å². The molecule has 0 aliphatic heterocycles. The Labute approximate surface area is 121 Å². The van der Waals surface area contributed by atoms with Crippen LogP contribution in [-0.2, 0) is 6.42 Å². The van der Waals surface area contributed by atoms with Crippen molar-refractivity contribution in [1.82, 2.24) is 15.4 Å². The minimum atomic E-state index is 0.518. The molecule has 0 bridgehead atoms. The zero-order valence-electron chi connectivity index (χ0n) is 13.1. The van der Waals surface area contributed by atoms with Crippen molar-refractivity contribution in [2.24, 2.45) is 0 Å². The summed E-state index contributed by atoms with van der Waals surface area (Å²) in [4.78, 5) is 0. The molecular formula is C16H25N3O. The molecule has 0 saturated heterocycles. The number of phenols is 1. The third-order valence-electron chi connectivity index (χ3n) is 3.89. The van der Waals surface area contributed by atoms with Crippen molar-refractivity contribution in [3.05, 3.63) is 40.2 Å². The topological polar surface area (TPSA) is 61.8 Å². The van der Waals surface area contributed by atoms with Crippen molar-refractivity contribution in [3.8, 4) is 5.75 Å². The summed E-state index contributed by atoms with van der Waals surface area (Å²) in [6.45, 7) is 10.5. The van der Waals surface area contributed by atoms with E-state index in [2.05, 4.69) is 43.1 Å². The largest absolute Gasteiger partial charge is 0.507 e. The fourth-order valence-corrected chi connectivity index (χ4v) is 2.20. The van der Waals surface area contributed by atoms with Gasteiger partial charge in [0.25, 0.3) is 0 Å². The monoisotopic (exact) mass is 275 g/mol. The van der Waals surface area contributed by atoms with Gasteiger partial charge in [0.2, 0.25) is 0 Å². The van der Waals surface area contributed by atoms with Crippen LogP contribution in [0.5, 0.6) is 5.75 Å². The Bertz CT molecular complexity index is 487. The molecule has 0 saturated carbocycles. The van der Waals surface area contributed by atoms with Gasteiger partial charge in [0.1, 0.15) is 5.75 Å². The van der Waals surface area contributed by atoms with Gasteiger partial charge in [-0.1, -0.05) is 13.3 Å². The molecule has 20 heavy (non-hydrogen) atoms. The third kappa shape index (κ3) is 3.83. The van der Waals surface area contributed by atoms with E-state index in [0.717, 1.165) is 24.0 Å². The van der Waals surface area contributed by atoms with E-state index >= 15 is 0 Å². The molecule has 1 heterocycles. The van der Waals surface area contributed by atoms with Crippen molar-refractivity contribution >= 4 is 0 Å². The van der Waals surface area contributed by atoms with Crippen LogP contribution in [0.4, 0.5) is 0 Å². The summed E-state index contributed by atoms with van der Waals surface area (Å²) in [6.07, 6.45) is 6.48. The van der Waals surface area contributed by atoms with Crippen LogP contribution in [0, 0.1) is 27.7 Å². The van der Waals surface area contributed by atoms with Crippen molar-refractivity contribution < 1.29 is 5.11 Å². The number of rotatable bonds is 3. The van der Waals surface area contributed by atoms with Crippen LogP contribution in [0.1, 0.15) is 47.6 Å². The summed E-state index contributed by atoms with van der Waals surface area (Å²) in [5, 5.41) is 19.4. The molecule has 2 rings (SSSR count). The Morgan fingerprint density at radius 1 is 0.950 bits per heavy atom. The van der Waals surface area contributed by atoms with E-state index < -0.39 is 0 Å². The van der Waals surface area contributed by atoms with E-state index in [0.29, 0.717) is 5.75 Å². The summed E-state index contributed by atoms with van der Waals surface area (Å²) in [7, 11) is 0. The molecule has 1 aromatic heterocycles. The van der Waals surface area contributed by atoms with Gasteiger partial charge in [0.05, 0.1) is 12.4 Å². The highest BCUT2D eigenvalue weighted by Crippen LogP contribution is 2.32. The molecule has 4 nitrogen and oxygen atoms in total. The highest BCUT2D eigenvalue weighted by atomic mass is 16.3. The van der Waals surface area contributed by atoms with Crippen LogP contribution < -0.4 is 0 Å². The number of aromatic amines is 1. The van der Waals surface area contributed by atoms with Crippen molar-refractivity contribution in [2.75, 3.05) is 0 Å². The zero-order valence-corrected chi connectivity index (χ0v) is 13.1. The summed E-state index contributed by atoms with van der Waals surface area (Å²) in [6, 6.07) is 0. The molecule has 0 radical (unpaired) electrons. The summed E-state index contributed by atoms with van der Waals surface area (Å²) in [5.41, 5.74) is 6.02. The Morgan fingerprint density at radius 2 is 1.50 bits per heavy atom. The minimum absolute atomic E-state index is 0.518. The molecule has 0 spiro atoms. The summed E-state index contributed by atoms with van der Waals surface area (Å²) >= 11 is 0. The lowest BCUT2D eigenvalue weighted by atomic mass is 9.91. The van der Waals surface area contributed by atoms with E-state index in [1.165, 1.54) is 23.1 Å². The van der Waals surface area contributed by atoms with Crippen LogP contribution >= 0.6 is 0 Å². The van der Waals surface area contributed by atoms with Gasteiger partial charge in [0.15, 0.2) is 0 Å². The molecule has 2 N–H and O–H groups in total. The van der Waals surface area contributed by atoms with E-state index in [4.69, 9.17) is 0 Å². The van der Waals surface area contributed by atoms with Gasteiger partial charge >= 0.3 is 0 Å². The first-order valence-electron chi connectivity index (χ1n) is 7.08. The maximum absolute atomic E-state index is 10.1. The first kappa shape index (κ1) is 16.2. The fourth-order valence-electron chi connectivity index (χ4n) is 2.20. The number of phenolic OH excluding ortho intramolecular Hbond substituents is 1. The lowest BCUT2D eigenvalue weighted by Gasteiger charge is -2.16. The standard InChI is InChI=1S/C14H22O.C2H3N3/c1-6-7-8-13-11(4)9(2)10(3)12(5)14(13)15;1-2-4-5-3-1/h15H,6-8H2,1-5H3;1-2H,(H,3,4,5). The Hall–Kier alpha value is -1.84. The number of benzene rings is 1. The molecule has 0 unspecified atom stereocenters. The van der Waals surface area contributed by atoms with Crippen LogP contribution in [0.2, 0.25) is 0 Å². The van der Waals surface area contributed by atoms with E-state index in [-0.39, 0.29) is 0 Å². The Morgan fingerprint density at radius 3 is 1.95 bits per heavy atom. The molecular weight excluding hydrogens is 250 g/mol. The molecule has 110 valence electrons. The number of H-pyrrole nitrogens is 1. The lowest BCUT2D eigenvalue weighted by molar-refractivity contribution is 0.461. The van der Waals surface area contributed by atoms with Gasteiger partial charge in [-0.3, -0.25) is 0 Å². The van der Waals surface area contributed by atoms with Crippen LogP contribution in [-0.4, -0.2) is 20.5 Å².